The number of thioether (sulfide) groups is 1. The van der Waals surface area contributed by atoms with Crippen LogP contribution in [-0.4, -0.2) is 18.2 Å². The van der Waals surface area contributed by atoms with Crippen molar-refractivity contribution in [2.24, 2.45) is 11.7 Å². The maximum atomic E-state index is 11.7. The summed E-state index contributed by atoms with van der Waals surface area (Å²) in [4.78, 5) is 13.0. The van der Waals surface area contributed by atoms with Crippen molar-refractivity contribution in [1.82, 2.24) is 5.32 Å². The van der Waals surface area contributed by atoms with Crippen LogP contribution in [0.25, 0.3) is 0 Å². The Kier molecular flexibility index (Phi) is 6.22. The number of nitrogens with two attached hydrogens (primary N) is 1. The summed E-state index contributed by atoms with van der Waals surface area (Å²) >= 11 is 1.71. The van der Waals surface area contributed by atoms with Crippen LogP contribution >= 0.6 is 11.8 Å². The lowest BCUT2D eigenvalue weighted by atomic mass is 10.0. The molecule has 0 saturated carbocycles. The Hall–Kier alpha value is -1.00. The van der Waals surface area contributed by atoms with E-state index in [0.29, 0.717) is 12.5 Å². The highest BCUT2D eigenvalue weighted by molar-refractivity contribution is 7.98. The molecular weight excluding hydrogens is 244 g/mol. The Labute approximate surface area is 114 Å². The number of carbonyl (C=O) groups excluding carboxylic acids is 1. The summed E-state index contributed by atoms with van der Waals surface area (Å²) in [5.41, 5.74) is 6.91. The molecule has 0 fully saturated rings. The normalized spacial score (nSPS) is 12.5. The number of carbonyl (C=O) groups is 1. The molecule has 1 aromatic carbocycles. The molecule has 0 radical (unpaired) electrons. The molecule has 3 N–H and O–H groups in total. The van der Waals surface area contributed by atoms with E-state index in [0.717, 1.165) is 12.0 Å². The molecule has 0 heterocycles. The summed E-state index contributed by atoms with van der Waals surface area (Å²) < 4.78 is 0. The number of benzene rings is 1. The molecule has 18 heavy (non-hydrogen) atoms. The van der Waals surface area contributed by atoms with Crippen molar-refractivity contribution in [2.75, 3.05) is 6.26 Å². The Morgan fingerprint density at radius 2 is 1.94 bits per heavy atom. The highest BCUT2D eigenvalue weighted by Gasteiger charge is 2.14. The van der Waals surface area contributed by atoms with Gasteiger partial charge in [0.1, 0.15) is 0 Å². The van der Waals surface area contributed by atoms with Crippen molar-refractivity contribution in [3.8, 4) is 0 Å². The summed E-state index contributed by atoms with van der Waals surface area (Å²) in [6.07, 6.45) is 2.76. The molecule has 0 saturated heterocycles. The molecule has 100 valence electrons. The maximum Gasteiger partial charge on any atom is 0.237 e. The number of rotatable bonds is 6. The van der Waals surface area contributed by atoms with Crippen LogP contribution in [0.1, 0.15) is 25.8 Å². The fourth-order valence-corrected chi connectivity index (χ4v) is 2.09. The average molecular weight is 266 g/mol. The average Bonchev–Trinajstić information content (AvgIpc) is 2.35. The fraction of sp³-hybridized carbons (Fsp3) is 0.500. The topological polar surface area (TPSA) is 55.1 Å². The summed E-state index contributed by atoms with van der Waals surface area (Å²) in [5.74, 6) is 0.365. The molecule has 0 aliphatic heterocycles. The highest BCUT2D eigenvalue weighted by Crippen LogP contribution is 2.14. The maximum absolute atomic E-state index is 11.7. The van der Waals surface area contributed by atoms with Gasteiger partial charge in [0.2, 0.25) is 5.91 Å². The van der Waals surface area contributed by atoms with Gasteiger partial charge in [-0.1, -0.05) is 26.0 Å². The Bertz CT molecular complexity index is 376. The number of amides is 1. The van der Waals surface area contributed by atoms with Crippen molar-refractivity contribution in [3.05, 3.63) is 29.8 Å². The molecule has 3 nitrogen and oxygen atoms in total. The van der Waals surface area contributed by atoms with E-state index in [2.05, 4.69) is 31.3 Å². The zero-order valence-electron chi connectivity index (χ0n) is 11.3. The molecule has 1 rings (SSSR count). The van der Waals surface area contributed by atoms with Crippen LogP contribution < -0.4 is 11.1 Å². The number of nitrogens with one attached hydrogen (secondary N) is 1. The summed E-state index contributed by atoms with van der Waals surface area (Å²) in [6, 6.07) is 7.76. The van der Waals surface area contributed by atoms with Crippen molar-refractivity contribution in [2.45, 2.75) is 37.8 Å². The Morgan fingerprint density at radius 1 is 1.33 bits per heavy atom. The number of hydrogen-bond acceptors (Lipinski definition) is 3. The summed E-state index contributed by atoms with van der Waals surface area (Å²) in [6.45, 7) is 4.67. The molecule has 0 aliphatic carbocycles. The van der Waals surface area contributed by atoms with E-state index in [-0.39, 0.29) is 5.91 Å². The first-order valence-electron chi connectivity index (χ1n) is 6.19. The van der Waals surface area contributed by atoms with Crippen LogP contribution in [0.2, 0.25) is 0 Å². The second-order valence-corrected chi connectivity index (χ2v) is 5.68. The van der Waals surface area contributed by atoms with Crippen molar-refractivity contribution >= 4 is 17.7 Å². The lowest BCUT2D eigenvalue weighted by molar-refractivity contribution is -0.122. The first-order chi connectivity index (χ1) is 8.52. The van der Waals surface area contributed by atoms with E-state index in [1.165, 1.54) is 4.90 Å². The van der Waals surface area contributed by atoms with Crippen molar-refractivity contribution in [3.63, 3.8) is 0 Å². The minimum absolute atomic E-state index is 0.0716. The molecule has 1 aromatic rings. The SMILES string of the molecule is CSc1ccc(CNC(=O)[C@@H](N)CC(C)C)cc1. The van der Waals surface area contributed by atoms with Gasteiger partial charge in [0, 0.05) is 11.4 Å². The highest BCUT2D eigenvalue weighted by atomic mass is 32.2. The second kappa shape index (κ2) is 7.44. The smallest absolute Gasteiger partial charge is 0.237 e. The van der Waals surface area contributed by atoms with E-state index in [1.807, 2.05) is 18.4 Å². The van der Waals surface area contributed by atoms with Gasteiger partial charge in [0.25, 0.3) is 0 Å². The summed E-state index contributed by atoms with van der Waals surface area (Å²) in [5, 5.41) is 2.87. The third-order valence-electron chi connectivity index (χ3n) is 2.69. The lowest BCUT2D eigenvalue weighted by Gasteiger charge is -2.14. The van der Waals surface area contributed by atoms with Gasteiger partial charge in [-0.05, 0) is 36.3 Å². The van der Waals surface area contributed by atoms with Crippen molar-refractivity contribution in [1.29, 1.82) is 0 Å². The van der Waals surface area contributed by atoms with E-state index in [9.17, 15) is 4.79 Å². The minimum atomic E-state index is -0.407. The Balaban J connectivity index is 2.41. The fourth-order valence-electron chi connectivity index (χ4n) is 1.68. The molecule has 0 aliphatic rings. The predicted molar refractivity (Wildman–Crippen MR) is 77.5 cm³/mol. The molecule has 4 heteroatoms. The van der Waals surface area contributed by atoms with Crippen molar-refractivity contribution < 1.29 is 4.79 Å². The van der Waals surface area contributed by atoms with Crippen LogP contribution in [0.15, 0.2) is 29.2 Å². The van der Waals surface area contributed by atoms with Gasteiger partial charge in [0.05, 0.1) is 6.04 Å². The monoisotopic (exact) mass is 266 g/mol. The molecule has 1 amide bonds. The van der Waals surface area contributed by atoms with Crippen LogP contribution in [-0.2, 0) is 11.3 Å². The third kappa shape index (κ3) is 5.10. The standard InChI is InChI=1S/C14H22N2OS/c1-10(2)8-13(15)14(17)16-9-11-4-6-12(18-3)7-5-11/h4-7,10,13H,8-9,15H2,1-3H3,(H,16,17)/t13-/m0/s1. The largest absolute Gasteiger partial charge is 0.351 e. The quantitative estimate of drug-likeness (QED) is 0.777. The minimum Gasteiger partial charge on any atom is -0.351 e. The predicted octanol–water partition coefficient (Wildman–Crippen LogP) is 2.40. The number of hydrogen-bond donors (Lipinski definition) is 2. The van der Waals surface area contributed by atoms with Gasteiger partial charge in [-0.3, -0.25) is 4.79 Å². The van der Waals surface area contributed by atoms with E-state index in [4.69, 9.17) is 5.73 Å². The first kappa shape index (κ1) is 15.1. The summed E-state index contributed by atoms with van der Waals surface area (Å²) in [7, 11) is 0. The molecule has 0 aromatic heterocycles. The van der Waals surface area contributed by atoms with Gasteiger partial charge < -0.3 is 11.1 Å². The van der Waals surface area contributed by atoms with Crippen LogP contribution in [0.5, 0.6) is 0 Å². The molecule has 1 atom stereocenters. The van der Waals surface area contributed by atoms with Crippen LogP contribution in [0, 0.1) is 5.92 Å². The second-order valence-electron chi connectivity index (χ2n) is 4.80. The zero-order chi connectivity index (χ0) is 13.5. The van der Waals surface area contributed by atoms with Gasteiger partial charge >= 0.3 is 0 Å². The van der Waals surface area contributed by atoms with E-state index < -0.39 is 6.04 Å². The van der Waals surface area contributed by atoms with Crippen LogP contribution in [0.4, 0.5) is 0 Å². The first-order valence-corrected chi connectivity index (χ1v) is 7.41. The zero-order valence-corrected chi connectivity index (χ0v) is 12.1. The molecule has 0 unspecified atom stereocenters. The van der Waals surface area contributed by atoms with E-state index in [1.54, 1.807) is 11.8 Å². The van der Waals surface area contributed by atoms with Gasteiger partial charge in [-0.2, -0.15) is 0 Å². The van der Waals surface area contributed by atoms with Gasteiger partial charge in [-0.15, -0.1) is 11.8 Å². The van der Waals surface area contributed by atoms with Gasteiger partial charge in [-0.25, -0.2) is 0 Å². The third-order valence-corrected chi connectivity index (χ3v) is 3.43. The van der Waals surface area contributed by atoms with Gasteiger partial charge in [0.15, 0.2) is 0 Å². The molecule has 0 bridgehead atoms. The Morgan fingerprint density at radius 3 is 2.44 bits per heavy atom. The molecule has 0 spiro atoms. The van der Waals surface area contributed by atoms with E-state index >= 15 is 0 Å². The van der Waals surface area contributed by atoms with Crippen LogP contribution in [0.3, 0.4) is 0 Å². The lowest BCUT2D eigenvalue weighted by Crippen LogP contribution is -2.40. The molecular formula is C14H22N2OS.